The summed E-state index contributed by atoms with van der Waals surface area (Å²) >= 11 is 0. The number of aliphatic hydroxyl groups excluding tert-OH is 3. The number of carbonyl (C=O) groups is 3. The van der Waals surface area contributed by atoms with E-state index in [0.717, 1.165) is 6.92 Å². The molecule has 0 saturated heterocycles. The Morgan fingerprint density at radius 1 is 1.15 bits per heavy atom. The Hall–Kier alpha value is 1.27. The Balaban J connectivity index is 0.00000512. The Bertz CT molecular complexity index is 795. The molecule has 182 valence electrons. The Morgan fingerprint density at radius 2 is 1.67 bits per heavy atom. The van der Waals surface area contributed by atoms with Crippen molar-refractivity contribution in [3.63, 3.8) is 0 Å². The van der Waals surface area contributed by atoms with E-state index in [9.17, 15) is 34.8 Å². The molecule has 0 aromatic heterocycles. The van der Waals surface area contributed by atoms with Crippen LogP contribution in [0.4, 0.5) is 0 Å². The van der Waals surface area contributed by atoms with Crippen molar-refractivity contribution in [2.45, 2.75) is 91.3 Å². The molecule has 0 aromatic carbocycles. The minimum atomic E-state index is -1.92. The van der Waals surface area contributed by atoms with Gasteiger partial charge >= 0.3 is 5.97 Å². The van der Waals surface area contributed by atoms with E-state index in [0.29, 0.717) is 5.57 Å². The third-order valence-corrected chi connectivity index (χ3v) is 7.59. The second-order valence-corrected chi connectivity index (χ2v) is 10.1. The molecule has 0 aliphatic heterocycles. The topological polar surface area (TPSA) is 141 Å². The summed E-state index contributed by atoms with van der Waals surface area (Å²) in [6, 6.07) is 0. The first-order valence-corrected chi connectivity index (χ1v) is 10.7. The normalized spacial score (nSPS) is 37.5. The van der Waals surface area contributed by atoms with Crippen LogP contribution in [0.25, 0.3) is 0 Å². The number of ether oxygens (including phenoxy) is 1. The molecule has 2 aliphatic carbocycles. The van der Waals surface area contributed by atoms with Crippen LogP contribution in [-0.4, -0.2) is 68.0 Å². The van der Waals surface area contributed by atoms with Gasteiger partial charge in [-0.05, 0) is 31.8 Å². The summed E-state index contributed by atoms with van der Waals surface area (Å²) in [5, 5.41) is 43.0. The van der Waals surface area contributed by atoms with Gasteiger partial charge in [0, 0.05) is 112 Å². The first kappa shape index (κ1) is 34.3. The molecule has 2 radical (unpaired) electrons. The third-order valence-electron chi connectivity index (χ3n) is 7.59. The maximum Gasteiger partial charge on any atom is 0.303 e. The van der Waals surface area contributed by atoms with Crippen LogP contribution in [0.15, 0.2) is 11.6 Å². The van der Waals surface area contributed by atoms with Crippen molar-refractivity contribution in [1.82, 2.24) is 0 Å². The quantitative estimate of drug-likeness (QED) is 0.236. The second kappa shape index (κ2) is 12.2. The summed E-state index contributed by atoms with van der Waals surface area (Å²) < 4.78 is 5.55. The van der Waals surface area contributed by atoms with E-state index in [-0.39, 0.29) is 101 Å². The second-order valence-electron chi connectivity index (χ2n) is 10.1. The summed E-state index contributed by atoms with van der Waals surface area (Å²) in [6.07, 6.45) is -3.96. The van der Waals surface area contributed by atoms with E-state index in [1.165, 1.54) is 13.8 Å². The maximum absolute atomic E-state index is 13.3. The van der Waals surface area contributed by atoms with Gasteiger partial charge in [-0.1, -0.05) is 33.8 Å². The third kappa shape index (κ3) is 6.23. The van der Waals surface area contributed by atoms with Gasteiger partial charge < -0.3 is 25.2 Å². The van der Waals surface area contributed by atoms with Gasteiger partial charge in [0.1, 0.15) is 23.9 Å². The molecule has 0 bridgehead atoms. The van der Waals surface area contributed by atoms with Crippen molar-refractivity contribution in [2.24, 2.45) is 22.7 Å². The minimum Gasteiger partial charge on any atom is -0.459 e. The van der Waals surface area contributed by atoms with Gasteiger partial charge in [0.15, 0.2) is 11.6 Å². The Labute approximate surface area is 267 Å². The number of Topliss-reactive ketones (excluding diaryl/α,β-unsaturated/α-hetero) is 2. The van der Waals surface area contributed by atoms with Crippen molar-refractivity contribution in [2.75, 3.05) is 0 Å². The molecule has 4 N–H and O–H groups in total. The summed E-state index contributed by atoms with van der Waals surface area (Å²) in [7, 11) is 0. The molecule has 2 unspecified atom stereocenters. The van der Waals surface area contributed by atoms with Crippen molar-refractivity contribution < 1.29 is 128 Å². The molecule has 0 aromatic rings. The van der Waals surface area contributed by atoms with E-state index in [4.69, 9.17) is 4.74 Å². The molecule has 8 nitrogen and oxygen atoms in total. The van der Waals surface area contributed by atoms with Crippen LogP contribution in [0.5, 0.6) is 0 Å². The number of esters is 1. The number of rotatable bonds is 5. The summed E-state index contributed by atoms with van der Waals surface area (Å²) in [5.41, 5.74) is -3.86. The zero-order valence-corrected chi connectivity index (χ0v) is 30.0. The fraction of sp³-hybridized carbons (Fsp3) is 0.783. The van der Waals surface area contributed by atoms with Gasteiger partial charge in [-0.15, -0.1) is 0 Å². The molecule has 8 atom stereocenters. The van der Waals surface area contributed by atoms with Crippen LogP contribution in [-0.2, 0) is 19.1 Å². The largest absolute Gasteiger partial charge is 0.459 e. The fourth-order valence-electron chi connectivity index (χ4n) is 5.43. The van der Waals surface area contributed by atoms with Crippen molar-refractivity contribution in [1.29, 1.82) is 0 Å². The zero-order valence-electron chi connectivity index (χ0n) is 20.5. The van der Waals surface area contributed by atoms with E-state index in [1.807, 2.05) is 0 Å². The summed E-state index contributed by atoms with van der Waals surface area (Å²) in [4.78, 5) is 38.6. The predicted octanol–water partition coefficient (Wildman–Crippen LogP) is 0.928. The van der Waals surface area contributed by atoms with Crippen LogP contribution >= 0.6 is 0 Å². The average Bonchev–Trinajstić information content (AvgIpc) is 2.63. The smallest absolute Gasteiger partial charge is 0.303 e. The number of aliphatic hydroxyl groups is 4. The number of hydrogen-bond donors (Lipinski definition) is 4. The Morgan fingerprint density at radius 3 is 2.12 bits per heavy atom. The van der Waals surface area contributed by atoms with Crippen molar-refractivity contribution in [3.8, 4) is 0 Å². The standard InChI is InChI=1S/C23H36O8.2Ac/c1-11-9-21(5,6)23(30,10-16(11)27)20(31-14(4)25)17-18(28)15(26)8-12(2)22(17,7)19(29)13(3)24;;/h9,12-13,15-17,20,24,26-27,30H,8,10H2,1-7H3;;/t12?,13-,15+,16+,17?,20+,22-,23-;;/m1../s1. The average molecular weight is 895 g/mol. The van der Waals surface area contributed by atoms with Crippen molar-refractivity contribution >= 4 is 17.5 Å². The molecule has 2 aliphatic rings. The first-order valence-electron chi connectivity index (χ1n) is 10.7. The van der Waals surface area contributed by atoms with Crippen LogP contribution in [0.2, 0.25) is 0 Å². The molecule has 10 heteroatoms. The predicted molar refractivity (Wildman–Crippen MR) is 112 cm³/mol. The molecule has 0 spiro atoms. The van der Waals surface area contributed by atoms with E-state index in [1.54, 1.807) is 33.8 Å². The van der Waals surface area contributed by atoms with Gasteiger partial charge in [0.2, 0.25) is 0 Å². The van der Waals surface area contributed by atoms with E-state index >= 15 is 0 Å². The monoisotopic (exact) mass is 894 g/mol. The SMILES string of the molecule is CC(=O)O[C@@H](C1C(=O)[C@@H](O)CC(C)[C@@]1(C)C(=O)[C@@H](C)O)[C@]1(O)C[C@H](O)C(C)=CC1(C)C.[Ac].[Ac]. The van der Waals surface area contributed by atoms with Crippen molar-refractivity contribution in [3.05, 3.63) is 11.6 Å². The fourth-order valence-corrected chi connectivity index (χ4v) is 5.43. The first-order chi connectivity index (χ1) is 14.0. The van der Waals surface area contributed by atoms with E-state index in [2.05, 4.69) is 0 Å². The summed E-state index contributed by atoms with van der Waals surface area (Å²) in [6.45, 7) is 10.7. The zero-order chi connectivity index (χ0) is 24.1. The Kier molecular flexibility index (Phi) is 12.7. The number of hydrogen-bond acceptors (Lipinski definition) is 8. The van der Waals surface area contributed by atoms with Gasteiger partial charge in [-0.3, -0.25) is 14.4 Å². The van der Waals surface area contributed by atoms with Gasteiger partial charge in [-0.2, -0.15) is 0 Å². The number of ketones is 2. The molecule has 0 amide bonds. The summed E-state index contributed by atoms with van der Waals surface area (Å²) in [5.74, 6) is -4.11. The maximum atomic E-state index is 13.3. The van der Waals surface area contributed by atoms with Crippen LogP contribution in [0, 0.1) is 111 Å². The van der Waals surface area contributed by atoms with Gasteiger partial charge in [0.05, 0.1) is 12.0 Å². The molecular formula is C23H36Ac2O8. The van der Waals surface area contributed by atoms with E-state index < -0.39 is 70.2 Å². The molecule has 1 saturated carbocycles. The molecule has 0 heterocycles. The van der Waals surface area contributed by atoms with Crippen LogP contribution < -0.4 is 0 Å². The number of carbonyl (C=O) groups excluding carboxylic acids is 3. The van der Waals surface area contributed by atoms with Crippen LogP contribution in [0.1, 0.15) is 61.3 Å². The molecule has 1 fully saturated rings. The van der Waals surface area contributed by atoms with Crippen LogP contribution in [0.3, 0.4) is 0 Å². The minimum absolute atomic E-state index is 0. The molecular weight excluding hydrogens is 858 g/mol. The molecule has 2 rings (SSSR count). The molecule has 33 heavy (non-hydrogen) atoms. The van der Waals surface area contributed by atoms with Gasteiger partial charge in [-0.25, -0.2) is 0 Å². The van der Waals surface area contributed by atoms with Gasteiger partial charge in [0.25, 0.3) is 0 Å².